The highest BCUT2D eigenvalue weighted by molar-refractivity contribution is 5.21. The average Bonchev–Trinajstić information content (AvgIpc) is 2.28. The standard InChI is InChI=1S/C14H22N2/c1-4-9-15-10-11-16(3)12-14-7-5-13(2)6-8-14/h4-8,15H,1,9-12H2,2-3H3. The van der Waals surface area contributed by atoms with Gasteiger partial charge in [-0.15, -0.1) is 6.58 Å². The van der Waals surface area contributed by atoms with Crippen LogP contribution in [0.5, 0.6) is 0 Å². The molecular formula is C14H22N2. The normalized spacial score (nSPS) is 10.7. The Morgan fingerprint density at radius 1 is 1.31 bits per heavy atom. The predicted molar refractivity (Wildman–Crippen MR) is 70.6 cm³/mol. The van der Waals surface area contributed by atoms with E-state index in [1.54, 1.807) is 0 Å². The minimum absolute atomic E-state index is 0.887. The largest absolute Gasteiger partial charge is 0.312 e. The van der Waals surface area contributed by atoms with E-state index in [0.717, 1.165) is 26.2 Å². The summed E-state index contributed by atoms with van der Waals surface area (Å²) in [5.41, 5.74) is 2.69. The minimum atomic E-state index is 0.887. The first-order valence-corrected chi connectivity index (χ1v) is 5.78. The summed E-state index contributed by atoms with van der Waals surface area (Å²) in [4.78, 5) is 2.32. The number of aryl methyl sites for hydroxylation is 1. The van der Waals surface area contributed by atoms with Crippen molar-refractivity contribution < 1.29 is 0 Å². The fraction of sp³-hybridized carbons (Fsp3) is 0.429. The molecule has 0 aliphatic carbocycles. The molecule has 0 atom stereocenters. The third-order valence-electron chi connectivity index (χ3n) is 2.53. The van der Waals surface area contributed by atoms with Crippen LogP contribution >= 0.6 is 0 Å². The van der Waals surface area contributed by atoms with E-state index in [4.69, 9.17) is 0 Å². The van der Waals surface area contributed by atoms with Gasteiger partial charge in [0.1, 0.15) is 0 Å². The van der Waals surface area contributed by atoms with Crippen molar-refractivity contribution in [2.75, 3.05) is 26.7 Å². The first-order chi connectivity index (χ1) is 7.72. The molecule has 16 heavy (non-hydrogen) atoms. The molecule has 0 aliphatic rings. The summed E-state index contributed by atoms with van der Waals surface area (Å²) in [5.74, 6) is 0. The molecule has 1 rings (SSSR count). The highest BCUT2D eigenvalue weighted by atomic mass is 15.1. The molecule has 0 unspecified atom stereocenters. The van der Waals surface area contributed by atoms with E-state index < -0.39 is 0 Å². The van der Waals surface area contributed by atoms with Gasteiger partial charge in [-0.3, -0.25) is 0 Å². The first kappa shape index (κ1) is 12.9. The van der Waals surface area contributed by atoms with Crippen molar-refractivity contribution in [3.8, 4) is 0 Å². The lowest BCUT2D eigenvalue weighted by molar-refractivity contribution is 0.326. The smallest absolute Gasteiger partial charge is 0.0231 e. The molecule has 0 radical (unpaired) electrons. The first-order valence-electron chi connectivity index (χ1n) is 5.78. The van der Waals surface area contributed by atoms with Crippen LogP contribution in [0.15, 0.2) is 36.9 Å². The van der Waals surface area contributed by atoms with Crippen LogP contribution in [0.4, 0.5) is 0 Å². The van der Waals surface area contributed by atoms with E-state index in [1.165, 1.54) is 11.1 Å². The molecule has 0 aromatic heterocycles. The molecule has 1 aromatic rings. The van der Waals surface area contributed by atoms with Crippen molar-refractivity contribution in [3.05, 3.63) is 48.0 Å². The number of likely N-dealkylation sites (N-methyl/N-ethyl adjacent to an activating group) is 1. The summed E-state index contributed by atoms with van der Waals surface area (Å²) in [6, 6.07) is 8.73. The van der Waals surface area contributed by atoms with Crippen molar-refractivity contribution in [3.63, 3.8) is 0 Å². The van der Waals surface area contributed by atoms with Crippen LogP contribution in [0.25, 0.3) is 0 Å². The molecule has 88 valence electrons. The monoisotopic (exact) mass is 218 g/mol. The second-order valence-electron chi connectivity index (χ2n) is 4.22. The summed E-state index contributed by atoms with van der Waals surface area (Å²) >= 11 is 0. The molecule has 0 aliphatic heterocycles. The van der Waals surface area contributed by atoms with Gasteiger partial charge in [0, 0.05) is 26.2 Å². The minimum Gasteiger partial charge on any atom is -0.312 e. The van der Waals surface area contributed by atoms with Gasteiger partial charge in [0.25, 0.3) is 0 Å². The van der Waals surface area contributed by atoms with Crippen molar-refractivity contribution >= 4 is 0 Å². The predicted octanol–water partition coefficient (Wildman–Crippen LogP) is 2.20. The fourth-order valence-corrected chi connectivity index (χ4v) is 1.56. The Morgan fingerprint density at radius 2 is 2.00 bits per heavy atom. The van der Waals surface area contributed by atoms with E-state index >= 15 is 0 Å². The van der Waals surface area contributed by atoms with Crippen molar-refractivity contribution in [1.29, 1.82) is 0 Å². The fourth-order valence-electron chi connectivity index (χ4n) is 1.56. The van der Waals surface area contributed by atoms with Crippen LogP contribution < -0.4 is 5.32 Å². The summed E-state index contributed by atoms with van der Waals surface area (Å²) in [6.07, 6.45) is 1.89. The number of benzene rings is 1. The van der Waals surface area contributed by atoms with Crippen LogP contribution in [-0.4, -0.2) is 31.6 Å². The number of rotatable bonds is 7. The molecule has 1 aromatic carbocycles. The Labute approximate surface area is 99.0 Å². The topological polar surface area (TPSA) is 15.3 Å². The molecule has 1 N–H and O–H groups in total. The summed E-state index contributed by atoms with van der Waals surface area (Å²) in [5, 5.41) is 3.30. The zero-order chi connectivity index (χ0) is 11.8. The van der Waals surface area contributed by atoms with Gasteiger partial charge < -0.3 is 10.2 Å². The van der Waals surface area contributed by atoms with E-state index in [0.29, 0.717) is 0 Å². The molecule has 2 heteroatoms. The van der Waals surface area contributed by atoms with Gasteiger partial charge in [-0.25, -0.2) is 0 Å². The number of hydrogen-bond donors (Lipinski definition) is 1. The van der Waals surface area contributed by atoms with E-state index in [2.05, 4.69) is 55.0 Å². The third kappa shape index (κ3) is 5.10. The van der Waals surface area contributed by atoms with Gasteiger partial charge in [0.05, 0.1) is 0 Å². The average molecular weight is 218 g/mol. The van der Waals surface area contributed by atoms with Gasteiger partial charge >= 0.3 is 0 Å². The highest BCUT2D eigenvalue weighted by Crippen LogP contribution is 2.05. The van der Waals surface area contributed by atoms with Crippen LogP contribution in [0.2, 0.25) is 0 Å². The number of nitrogens with zero attached hydrogens (tertiary/aromatic N) is 1. The maximum atomic E-state index is 3.68. The summed E-state index contributed by atoms with van der Waals surface area (Å²) in [6.45, 7) is 9.76. The highest BCUT2D eigenvalue weighted by Gasteiger charge is 1.99. The van der Waals surface area contributed by atoms with Gasteiger partial charge in [-0.2, -0.15) is 0 Å². The summed E-state index contributed by atoms with van der Waals surface area (Å²) < 4.78 is 0. The van der Waals surface area contributed by atoms with Crippen LogP contribution in [0, 0.1) is 6.92 Å². The van der Waals surface area contributed by atoms with E-state index in [-0.39, 0.29) is 0 Å². The lowest BCUT2D eigenvalue weighted by atomic mass is 10.1. The Kier molecular flexibility index (Phi) is 5.83. The molecule has 0 fully saturated rings. The van der Waals surface area contributed by atoms with Crippen molar-refractivity contribution in [2.45, 2.75) is 13.5 Å². The van der Waals surface area contributed by atoms with Crippen LogP contribution in [-0.2, 0) is 6.54 Å². The molecule has 0 bridgehead atoms. The van der Waals surface area contributed by atoms with Crippen molar-refractivity contribution in [1.82, 2.24) is 10.2 Å². The summed E-state index contributed by atoms with van der Waals surface area (Å²) in [7, 11) is 2.15. The van der Waals surface area contributed by atoms with Crippen LogP contribution in [0.3, 0.4) is 0 Å². The second kappa shape index (κ2) is 7.20. The van der Waals surface area contributed by atoms with Gasteiger partial charge in [-0.05, 0) is 19.5 Å². The third-order valence-corrected chi connectivity index (χ3v) is 2.53. The van der Waals surface area contributed by atoms with Gasteiger partial charge in [0.2, 0.25) is 0 Å². The SMILES string of the molecule is C=CCNCCN(C)Cc1ccc(C)cc1. The zero-order valence-corrected chi connectivity index (χ0v) is 10.4. The number of hydrogen-bond acceptors (Lipinski definition) is 2. The van der Waals surface area contributed by atoms with Crippen molar-refractivity contribution in [2.24, 2.45) is 0 Å². The maximum Gasteiger partial charge on any atom is 0.0231 e. The molecule has 0 amide bonds. The molecule has 2 nitrogen and oxygen atoms in total. The Hall–Kier alpha value is -1.12. The Balaban J connectivity index is 2.25. The lowest BCUT2D eigenvalue weighted by Crippen LogP contribution is -2.28. The Bertz CT molecular complexity index is 303. The molecule has 0 spiro atoms. The number of nitrogens with one attached hydrogen (secondary N) is 1. The molecule has 0 saturated heterocycles. The van der Waals surface area contributed by atoms with E-state index in [1.807, 2.05) is 6.08 Å². The van der Waals surface area contributed by atoms with Crippen LogP contribution in [0.1, 0.15) is 11.1 Å². The maximum absolute atomic E-state index is 3.68. The van der Waals surface area contributed by atoms with Gasteiger partial charge in [-0.1, -0.05) is 35.9 Å². The molecular weight excluding hydrogens is 196 g/mol. The van der Waals surface area contributed by atoms with Gasteiger partial charge in [0.15, 0.2) is 0 Å². The molecule has 0 heterocycles. The zero-order valence-electron chi connectivity index (χ0n) is 10.4. The lowest BCUT2D eigenvalue weighted by Gasteiger charge is -2.16. The molecule has 0 saturated carbocycles. The van der Waals surface area contributed by atoms with E-state index in [9.17, 15) is 0 Å². The quantitative estimate of drug-likeness (QED) is 0.557. The second-order valence-corrected chi connectivity index (χ2v) is 4.22. The Morgan fingerprint density at radius 3 is 2.62 bits per heavy atom.